The molecule has 0 aromatic heterocycles. The lowest BCUT2D eigenvalue weighted by Gasteiger charge is -2.43. The highest BCUT2D eigenvalue weighted by molar-refractivity contribution is 5.98. The highest BCUT2D eigenvalue weighted by Crippen LogP contribution is 2.63. The Balaban J connectivity index is 1.82. The number of rotatable bonds is 9. The molecule has 3 aliphatic heterocycles. The lowest BCUT2D eigenvalue weighted by atomic mass is 9.66. The minimum Gasteiger partial charge on any atom is -0.481 e. The van der Waals surface area contributed by atoms with Gasteiger partial charge in [-0.2, -0.15) is 0 Å². The van der Waals surface area contributed by atoms with Gasteiger partial charge >= 0.3 is 5.97 Å². The van der Waals surface area contributed by atoms with Gasteiger partial charge in [-0.3, -0.25) is 14.4 Å². The summed E-state index contributed by atoms with van der Waals surface area (Å²) in [4.78, 5) is 44.1. The number of ether oxygens (including phenoxy) is 1. The van der Waals surface area contributed by atoms with Gasteiger partial charge in [0.15, 0.2) is 0 Å². The van der Waals surface area contributed by atoms with Crippen LogP contribution in [0.25, 0.3) is 0 Å². The molecule has 2 unspecified atom stereocenters. The molecule has 7 atom stereocenters. The van der Waals surface area contributed by atoms with Gasteiger partial charge in [0.1, 0.15) is 11.6 Å². The SMILES string of the molecule is C=CCN(C(=O)C1N([C@@H](CO)[C@@H](C)CC)C(=O)[C@@H]2[C@@H](C(=O)O)[C@@]3(C)CCC12O3)C1CCCCC1. The predicted molar refractivity (Wildman–Crippen MR) is 126 cm³/mol. The van der Waals surface area contributed by atoms with Crippen LogP contribution in [0, 0.1) is 17.8 Å². The van der Waals surface area contributed by atoms with Crippen molar-refractivity contribution >= 4 is 17.8 Å². The van der Waals surface area contributed by atoms with Crippen LogP contribution in [0.4, 0.5) is 0 Å². The summed E-state index contributed by atoms with van der Waals surface area (Å²) in [5.74, 6) is -3.61. The summed E-state index contributed by atoms with van der Waals surface area (Å²) >= 11 is 0. The maximum absolute atomic E-state index is 14.4. The van der Waals surface area contributed by atoms with E-state index in [1.807, 2.05) is 18.7 Å². The van der Waals surface area contributed by atoms with Gasteiger partial charge in [-0.05, 0) is 38.5 Å². The zero-order valence-electron chi connectivity index (χ0n) is 20.7. The summed E-state index contributed by atoms with van der Waals surface area (Å²) < 4.78 is 6.51. The highest BCUT2D eigenvalue weighted by atomic mass is 16.5. The quantitative estimate of drug-likeness (QED) is 0.496. The Morgan fingerprint density at radius 1 is 1.29 bits per heavy atom. The number of carboxylic acid groups (broad SMARTS) is 1. The van der Waals surface area contributed by atoms with Crippen molar-refractivity contribution in [2.75, 3.05) is 13.2 Å². The van der Waals surface area contributed by atoms with Gasteiger partial charge in [-0.25, -0.2) is 0 Å². The van der Waals surface area contributed by atoms with Crippen molar-refractivity contribution in [2.45, 2.75) is 101 Å². The summed E-state index contributed by atoms with van der Waals surface area (Å²) in [6, 6.07) is -1.45. The van der Waals surface area contributed by atoms with Crippen molar-refractivity contribution in [3.63, 3.8) is 0 Å². The molecular formula is C26H40N2O6. The zero-order valence-corrected chi connectivity index (χ0v) is 20.7. The summed E-state index contributed by atoms with van der Waals surface area (Å²) in [6.07, 6.45) is 8.44. The van der Waals surface area contributed by atoms with Crippen LogP contribution in [0.2, 0.25) is 0 Å². The van der Waals surface area contributed by atoms with Crippen molar-refractivity contribution < 1.29 is 29.3 Å². The lowest BCUT2D eigenvalue weighted by Crippen LogP contribution is -2.61. The first kappa shape index (κ1) is 25.2. The third-order valence-electron chi connectivity index (χ3n) is 9.18. The van der Waals surface area contributed by atoms with Gasteiger partial charge in [0.2, 0.25) is 11.8 Å². The molecule has 1 aliphatic carbocycles. The molecule has 0 aromatic rings. The molecule has 2 bridgehead atoms. The van der Waals surface area contributed by atoms with Crippen LogP contribution in [-0.4, -0.2) is 80.3 Å². The maximum atomic E-state index is 14.4. The monoisotopic (exact) mass is 476 g/mol. The number of likely N-dealkylation sites (tertiary alicyclic amines) is 1. The van der Waals surface area contributed by atoms with Gasteiger partial charge in [-0.15, -0.1) is 6.58 Å². The average Bonchev–Trinajstić information content (AvgIpc) is 3.39. The van der Waals surface area contributed by atoms with E-state index in [0.717, 1.165) is 32.1 Å². The number of carbonyl (C=O) groups is 3. The second-order valence-electron chi connectivity index (χ2n) is 11.0. The third-order valence-corrected chi connectivity index (χ3v) is 9.18. The fourth-order valence-electron chi connectivity index (χ4n) is 7.30. The van der Waals surface area contributed by atoms with E-state index in [-0.39, 0.29) is 30.4 Å². The molecule has 1 spiro atoms. The molecule has 0 aromatic carbocycles. The molecule has 34 heavy (non-hydrogen) atoms. The smallest absolute Gasteiger partial charge is 0.310 e. The third kappa shape index (κ3) is 3.60. The largest absolute Gasteiger partial charge is 0.481 e. The van der Waals surface area contributed by atoms with Gasteiger partial charge < -0.3 is 24.7 Å². The summed E-state index contributed by atoms with van der Waals surface area (Å²) in [7, 11) is 0. The van der Waals surface area contributed by atoms with Crippen LogP contribution in [0.15, 0.2) is 12.7 Å². The molecule has 8 nitrogen and oxygen atoms in total. The van der Waals surface area contributed by atoms with E-state index in [1.54, 1.807) is 13.0 Å². The van der Waals surface area contributed by atoms with Crippen molar-refractivity contribution in [1.29, 1.82) is 0 Å². The van der Waals surface area contributed by atoms with Crippen molar-refractivity contribution in [3.8, 4) is 0 Å². The van der Waals surface area contributed by atoms with E-state index in [1.165, 1.54) is 4.90 Å². The van der Waals surface area contributed by atoms with Crippen LogP contribution in [0.5, 0.6) is 0 Å². The number of hydrogen-bond acceptors (Lipinski definition) is 5. The van der Waals surface area contributed by atoms with Gasteiger partial charge in [0.05, 0.1) is 30.1 Å². The maximum Gasteiger partial charge on any atom is 0.310 e. The van der Waals surface area contributed by atoms with E-state index >= 15 is 0 Å². The van der Waals surface area contributed by atoms with Crippen molar-refractivity contribution in [3.05, 3.63) is 12.7 Å². The number of hydrogen-bond donors (Lipinski definition) is 2. The number of carboxylic acids is 1. The molecule has 190 valence electrons. The van der Waals surface area contributed by atoms with Crippen LogP contribution >= 0.6 is 0 Å². The average molecular weight is 477 g/mol. The number of fused-ring (bicyclic) bond motifs is 1. The fraction of sp³-hybridized carbons (Fsp3) is 0.808. The number of aliphatic carboxylic acids is 1. The Bertz CT molecular complexity index is 841. The molecule has 2 amide bonds. The highest BCUT2D eigenvalue weighted by Gasteiger charge is 2.79. The van der Waals surface area contributed by atoms with E-state index < -0.39 is 41.1 Å². The van der Waals surface area contributed by atoms with Crippen molar-refractivity contribution in [1.82, 2.24) is 9.80 Å². The first-order chi connectivity index (χ1) is 16.2. The Hall–Kier alpha value is -1.93. The second kappa shape index (κ2) is 9.26. The van der Waals surface area contributed by atoms with E-state index in [2.05, 4.69) is 6.58 Å². The number of amides is 2. The van der Waals surface area contributed by atoms with Gasteiger partial charge in [-0.1, -0.05) is 45.6 Å². The predicted octanol–water partition coefficient (Wildman–Crippen LogP) is 2.59. The lowest BCUT2D eigenvalue weighted by molar-refractivity contribution is -0.160. The van der Waals surface area contributed by atoms with Gasteiger partial charge in [0.25, 0.3) is 0 Å². The molecule has 4 rings (SSSR count). The Kier molecular flexibility index (Phi) is 6.86. The molecule has 3 saturated heterocycles. The Morgan fingerprint density at radius 3 is 2.53 bits per heavy atom. The molecule has 8 heteroatoms. The molecule has 4 fully saturated rings. The second-order valence-corrected chi connectivity index (χ2v) is 11.0. The van der Waals surface area contributed by atoms with Crippen LogP contribution in [0.3, 0.4) is 0 Å². The molecule has 3 heterocycles. The van der Waals surface area contributed by atoms with Crippen LogP contribution < -0.4 is 0 Å². The van der Waals surface area contributed by atoms with E-state index in [0.29, 0.717) is 25.8 Å². The topological polar surface area (TPSA) is 107 Å². The van der Waals surface area contributed by atoms with Gasteiger partial charge in [0, 0.05) is 12.6 Å². The van der Waals surface area contributed by atoms with E-state index in [4.69, 9.17) is 4.74 Å². The first-order valence-electron chi connectivity index (χ1n) is 12.9. The fourth-order valence-corrected chi connectivity index (χ4v) is 7.30. The normalized spacial score (nSPS) is 36.9. The van der Waals surface area contributed by atoms with Crippen molar-refractivity contribution in [2.24, 2.45) is 17.8 Å². The molecule has 2 N–H and O–H groups in total. The molecule has 0 radical (unpaired) electrons. The summed E-state index contributed by atoms with van der Waals surface area (Å²) in [5, 5.41) is 20.5. The molecule has 4 aliphatic rings. The minimum atomic E-state index is -1.18. The number of carbonyl (C=O) groups excluding carboxylic acids is 2. The first-order valence-corrected chi connectivity index (χ1v) is 12.9. The summed E-state index contributed by atoms with van der Waals surface area (Å²) in [6.45, 7) is 9.66. The summed E-state index contributed by atoms with van der Waals surface area (Å²) in [5.41, 5.74) is -2.16. The Morgan fingerprint density at radius 2 is 1.97 bits per heavy atom. The number of aliphatic hydroxyl groups is 1. The molecule has 1 saturated carbocycles. The van der Waals surface area contributed by atoms with Crippen LogP contribution in [0.1, 0.15) is 72.1 Å². The standard InChI is InChI=1S/C26H40N2O6/c1-5-14-27(17-10-8-7-9-11-17)23(31)21-26-13-12-25(4,34-26)20(24(32)33)19(26)22(30)28(21)18(15-29)16(3)6-2/h5,16-21,29H,1,6-15H2,2-4H3,(H,32,33)/t16-,18-,19-,20-,21?,25+,26?/m0/s1. The van der Waals surface area contributed by atoms with Crippen LogP contribution in [-0.2, 0) is 19.1 Å². The zero-order chi connectivity index (χ0) is 24.8. The number of aliphatic hydroxyl groups excluding tert-OH is 1. The Labute approximate surface area is 202 Å². The minimum absolute atomic E-state index is 0.0573. The number of nitrogens with zero attached hydrogens (tertiary/aromatic N) is 2. The van der Waals surface area contributed by atoms with E-state index in [9.17, 15) is 24.6 Å². The molecular weight excluding hydrogens is 436 g/mol.